The third-order valence-corrected chi connectivity index (χ3v) is 26.6. The molecule has 1 saturated heterocycles. The maximum absolute atomic E-state index is 12.7. The number of sulfonamides is 4. The van der Waals surface area contributed by atoms with Gasteiger partial charge in [0.25, 0.3) is 15.9 Å². The number of Topliss-reactive ketones (excluding diaryl/α,β-unsaturated/α-hetero) is 2. The molecule has 3 aliphatic heterocycles. The fourth-order valence-electron chi connectivity index (χ4n) is 13.1. The van der Waals surface area contributed by atoms with Gasteiger partial charge >= 0.3 is 5.97 Å². The van der Waals surface area contributed by atoms with Crippen LogP contribution in [0.2, 0.25) is 0 Å². The van der Waals surface area contributed by atoms with E-state index < -0.39 is 63.8 Å². The van der Waals surface area contributed by atoms with Crippen LogP contribution in [0.1, 0.15) is 76.6 Å². The molecule has 0 aliphatic carbocycles. The van der Waals surface area contributed by atoms with Gasteiger partial charge in [0, 0.05) is 101 Å². The number of carbonyl (C=O) groups is 4. The third-order valence-electron chi connectivity index (χ3n) is 19.6. The smallest absolute Gasteiger partial charge is 0.322 e. The summed E-state index contributed by atoms with van der Waals surface area (Å²) in [6.07, 6.45) is 9.14. The maximum atomic E-state index is 12.7. The first-order valence-corrected chi connectivity index (χ1v) is 48.3. The Morgan fingerprint density at radius 3 is 2.06 bits per heavy atom. The largest absolute Gasteiger partial charge is 0.508 e. The summed E-state index contributed by atoms with van der Waals surface area (Å²) in [7, 11) is -13.2. The van der Waals surface area contributed by atoms with Gasteiger partial charge in [-0.3, -0.25) is 33.6 Å². The summed E-state index contributed by atoms with van der Waals surface area (Å²) in [5.41, 5.74) is 11.0. The van der Waals surface area contributed by atoms with Gasteiger partial charge in [0.05, 0.1) is 57.5 Å². The van der Waals surface area contributed by atoms with Crippen molar-refractivity contribution >= 4 is 159 Å². The van der Waals surface area contributed by atoms with Crippen LogP contribution in [-0.4, -0.2) is 168 Å². The number of aromatic amines is 2. The minimum atomic E-state index is -3.97. The van der Waals surface area contributed by atoms with Gasteiger partial charge in [-0.25, -0.2) is 58.3 Å². The fourth-order valence-corrected chi connectivity index (χ4v) is 19.2. The first-order chi connectivity index (χ1) is 62.3. The molecule has 17 rings (SSSR count). The van der Waals surface area contributed by atoms with Crippen molar-refractivity contribution in [3.05, 3.63) is 281 Å². The number of phenolic OH excluding ortho intramolecular Hbond substituents is 2. The number of aryl methyl sites for hydroxylation is 3. The molecule has 9 aromatic carbocycles. The Labute approximate surface area is 761 Å². The molecule has 1 unspecified atom stereocenters. The zero-order valence-electron chi connectivity index (χ0n) is 70.2. The topological polar surface area (TPSA) is 498 Å². The van der Waals surface area contributed by atoms with Crippen LogP contribution in [0, 0.1) is 6.92 Å². The molecule has 3 aliphatic rings. The van der Waals surface area contributed by atoms with E-state index in [1.54, 1.807) is 121 Å². The summed E-state index contributed by atoms with van der Waals surface area (Å²) in [5, 5.41) is 47.5. The summed E-state index contributed by atoms with van der Waals surface area (Å²) >= 11 is 5.19. The lowest BCUT2D eigenvalue weighted by Gasteiger charge is -2.22. The standard InChI is InChI=1S/C17H18N4O2.C15H15N3O2S.C15H16N2O3S.C15H17NO4S.C14H10BrN3O2S.C14H14N2O6S/c22-10-4-9-18-16-14-7-1-2-8-15(14)20-17(21-16)19-12-5-3-6-13(23)11-12;1-11-6-8-12(9-7-11)21(19,20)16-10-15-17-13-4-2-3-5-14(13)18-15;1-21(19,20)17-14-4-2-3-13(11-14)15(18)6-5-12-7-9-16-10-8-12;1-3-11-7-8-14(20-2)15(9-11)21(18,19)16-12-5-4-6-13(17)10-12;15-9-5-12-11(19-7-20-12)4-8(9)6-21-14-17-10-2-1-3-16-13(10)18-14;17-12-7-8-6-9(3-4-10(8)15-13(12)18)23(21,22)16-5-1-2-11(16)14(19)20/h1-3,5-8,11,22-23H,4,9-10H2,(H2,18,19,20,21);2-9,16H,10H2,1H3,(H,17,18);2-4,7-11,17H,5-6H2,1H3;4-10,16-17H,3H2,1-2H3;1-5H,6-7H2,(H,16,17,18);3-4,6,11H,1-2,5,7H2,(H,15,18)(H,19,20). The number of fused-ring (bicyclic) bond motifs is 5. The number of ether oxygens (including phenoxy) is 3. The van der Waals surface area contributed by atoms with Gasteiger partial charge in [-0.05, 0) is 201 Å². The molecule has 12 N–H and O–H groups in total. The highest BCUT2D eigenvalue weighted by Crippen LogP contribution is 2.40. The summed E-state index contributed by atoms with van der Waals surface area (Å²) in [6, 6.07) is 60.8. The maximum Gasteiger partial charge on any atom is 0.322 e. The van der Waals surface area contributed by atoms with Gasteiger partial charge in [-0.2, -0.15) is 9.29 Å². The van der Waals surface area contributed by atoms with Crippen LogP contribution in [0.3, 0.4) is 0 Å². The van der Waals surface area contributed by atoms with E-state index in [4.69, 9.17) is 24.4 Å². The van der Waals surface area contributed by atoms with E-state index in [0.29, 0.717) is 83.7 Å². The molecule has 0 spiro atoms. The molecule has 130 heavy (non-hydrogen) atoms. The van der Waals surface area contributed by atoms with E-state index in [-0.39, 0.29) is 77.0 Å². The number of benzene rings is 9. The quantitative estimate of drug-likeness (QED) is 0.00984. The van der Waals surface area contributed by atoms with Gasteiger partial charge in [-0.15, -0.1) is 0 Å². The summed E-state index contributed by atoms with van der Waals surface area (Å²) < 4.78 is 122. The van der Waals surface area contributed by atoms with E-state index in [1.807, 2.05) is 111 Å². The number of H-pyrrole nitrogens is 2. The zero-order chi connectivity index (χ0) is 92.7. The SMILES string of the molecule is Brc1cc2c(cc1CSc1nc3ncccc3[nH]1)OCO2.CCc1ccc(OC)c(S(=O)(=O)Nc2cccc(O)c2)c1.CS(=O)(=O)Nc1cccc(C(=O)CCc2ccncc2)c1.Cc1ccc(S(=O)(=O)NCc2nc3ccccc3[nH]2)cc1.O=C1Cc2cc(S(=O)(=O)N3CCCC3C(=O)O)ccc2NC1=O.OCCCNc1nc(Nc2cccc(O)c2)nc2ccccc12. The minimum absolute atomic E-state index is 0.00975. The number of ketones is 2. The molecule has 0 bridgehead atoms. The van der Waals surface area contributed by atoms with E-state index in [2.05, 4.69) is 85.9 Å². The Balaban J connectivity index is 0.000000141. The van der Waals surface area contributed by atoms with Crippen LogP contribution in [0.15, 0.2) is 261 Å². The Morgan fingerprint density at radius 1 is 0.677 bits per heavy atom. The van der Waals surface area contributed by atoms with Crippen molar-refractivity contribution in [3.63, 3.8) is 0 Å². The monoisotopic (exact) mass is 1920 g/mol. The second-order valence-electron chi connectivity index (χ2n) is 29.1. The number of imidazole rings is 2. The number of pyridine rings is 2. The first kappa shape index (κ1) is 95.7. The number of para-hydroxylation sites is 3. The number of carboxylic acids is 1. The number of hydrogen-bond acceptors (Lipinski definition) is 27. The molecule has 8 heterocycles. The summed E-state index contributed by atoms with van der Waals surface area (Å²) in [4.78, 5) is 78.7. The number of halogens is 1. The molecule has 40 heteroatoms. The van der Waals surface area contributed by atoms with Crippen molar-refractivity contribution < 1.29 is 87.5 Å². The summed E-state index contributed by atoms with van der Waals surface area (Å²) in [5.74, 6) is 1.98. The van der Waals surface area contributed by atoms with Crippen LogP contribution in [-0.2, 0) is 86.0 Å². The number of anilines is 6. The van der Waals surface area contributed by atoms with Crippen molar-refractivity contribution in [1.82, 2.24) is 48.9 Å². The third kappa shape index (κ3) is 26.4. The zero-order valence-corrected chi connectivity index (χ0v) is 75.9. The number of carbonyl (C=O) groups excluding carboxylic acids is 3. The minimum Gasteiger partial charge on any atom is -0.508 e. The van der Waals surface area contributed by atoms with E-state index in [1.165, 1.54) is 37.4 Å². The lowest BCUT2D eigenvalue weighted by atomic mass is 10.0. The number of rotatable bonds is 27. The van der Waals surface area contributed by atoms with Crippen LogP contribution >= 0.6 is 27.7 Å². The predicted molar refractivity (Wildman–Crippen MR) is 498 cm³/mol. The second kappa shape index (κ2) is 44.0. The van der Waals surface area contributed by atoms with Crippen LogP contribution in [0.25, 0.3) is 33.1 Å². The average molecular weight is 1930 g/mol. The molecule has 676 valence electrons. The molecular formula is C90H90BrN15O19S5. The number of aliphatic hydroxyl groups excluding tert-OH is 1. The number of phenols is 2. The number of amides is 1. The molecule has 0 saturated carbocycles. The van der Waals surface area contributed by atoms with Crippen molar-refractivity contribution in [2.45, 2.75) is 97.0 Å². The van der Waals surface area contributed by atoms with E-state index >= 15 is 0 Å². The predicted octanol–water partition coefficient (Wildman–Crippen LogP) is 14.0. The fraction of sp³-hybridized carbons (Fsp3) is 0.200. The van der Waals surface area contributed by atoms with Gasteiger partial charge in [0.2, 0.25) is 48.6 Å². The number of aromatic hydroxyl groups is 2. The number of nitrogens with zero attached hydrogens (tertiary/aromatic N) is 7. The van der Waals surface area contributed by atoms with Gasteiger partial charge in [0.15, 0.2) is 28.1 Å². The highest BCUT2D eigenvalue weighted by molar-refractivity contribution is 9.10. The molecule has 34 nitrogen and oxygen atoms in total. The second-order valence-corrected chi connectivity index (χ2v) is 38.0. The van der Waals surface area contributed by atoms with Crippen LogP contribution in [0.4, 0.5) is 34.5 Å². The summed E-state index contributed by atoms with van der Waals surface area (Å²) in [6.45, 7) is 5.18. The van der Waals surface area contributed by atoms with Gasteiger partial charge in [0.1, 0.15) is 39.8 Å². The molecule has 1 fully saturated rings. The number of thioether (sulfide) groups is 1. The molecule has 1 atom stereocenters. The van der Waals surface area contributed by atoms with Crippen molar-refractivity contribution in [2.75, 3.05) is 65.2 Å². The Bertz CT molecular complexity index is 6840. The van der Waals surface area contributed by atoms with E-state index in [0.717, 1.165) is 99.2 Å². The van der Waals surface area contributed by atoms with Crippen molar-refractivity contribution in [3.8, 4) is 28.7 Å². The number of carboxylic acid groups (broad SMARTS) is 1. The first-order valence-electron chi connectivity index (χ1n) is 40.2. The molecule has 14 aromatic rings. The molecular weight excluding hydrogens is 1840 g/mol. The van der Waals surface area contributed by atoms with Crippen LogP contribution in [0.5, 0.6) is 28.7 Å². The number of aromatic nitrogens is 8. The lowest BCUT2D eigenvalue weighted by molar-refractivity contribution is -0.140. The molecule has 5 aromatic heterocycles. The number of methoxy groups -OCH3 is 1. The molecule has 1 amide bonds. The Kier molecular flexibility index (Phi) is 32.4. The number of aliphatic hydroxyl groups is 1. The Hall–Kier alpha value is -13.5. The highest BCUT2D eigenvalue weighted by Gasteiger charge is 2.40. The Morgan fingerprint density at radius 2 is 1.36 bits per heavy atom. The van der Waals surface area contributed by atoms with Crippen LogP contribution < -0.4 is 44.3 Å². The van der Waals surface area contributed by atoms with Gasteiger partial charge in [-0.1, -0.05) is 107 Å². The number of nitrogens with one attached hydrogen (secondary N) is 8. The van der Waals surface area contributed by atoms with Crippen molar-refractivity contribution in [2.24, 2.45) is 0 Å². The molecule has 0 radical (unpaired) electrons. The average Bonchev–Trinajstić information content (AvgIpc) is 0.923. The number of hydrogen-bond donors (Lipinski definition) is 12. The normalized spacial score (nSPS) is 13.4. The highest BCUT2D eigenvalue weighted by atomic mass is 79.9. The van der Waals surface area contributed by atoms with E-state index in [9.17, 15) is 63.1 Å². The van der Waals surface area contributed by atoms with Crippen molar-refractivity contribution in [1.29, 1.82) is 0 Å². The van der Waals surface area contributed by atoms with Gasteiger partial charge < -0.3 is 60.6 Å². The lowest BCUT2D eigenvalue weighted by Crippen LogP contribution is -2.40. The number of aliphatic carboxylic acids is 1.